The van der Waals surface area contributed by atoms with Crippen molar-refractivity contribution in [2.75, 3.05) is 34.9 Å². The summed E-state index contributed by atoms with van der Waals surface area (Å²) in [6, 6.07) is 11.7. The van der Waals surface area contributed by atoms with E-state index in [1.807, 2.05) is 36.4 Å². The summed E-state index contributed by atoms with van der Waals surface area (Å²) in [5, 5.41) is 0. The van der Waals surface area contributed by atoms with Gasteiger partial charge in [-0.2, -0.15) is 0 Å². The zero-order chi connectivity index (χ0) is 22.4. The number of methoxy groups -OCH3 is 3. The zero-order valence-electron chi connectivity index (χ0n) is 19.0. The van der Waals surface area contributed by atoms with Crippen molar-refractivity contribution in [3.8, 4) is 16.9 Å². The van der Waals surface area contributed by atoms with Crippen molar-refractivity contribution in [3.63, 3.8) is 0 Å². The van der Waals surface area contributed by atoms with Crippen LogP contribution in [-0.2, 0) is 25.4 Å². The summed E-state index contributed by atoms with van der Waals surface area (Å²) in [5.41, 5.74) is 1.86. The number of likely N-dealkylation sites (tertiary alicyclic amines) is 1. The molecule has 7 nitrogen and oxygen atoms in total. The second-order valence-corrected chi connectivity index (χ2v) is 8.22. The molecule has 1 fully saturated rings. The highest BCUT2D eigenvalue weighted by Crippen LogP contribution is 2.41. The van der Waals surface area contributed by atoms with Crippen molar-refractivity contribution in [1.29, 1.82) is 0 Å². The number of carbonyl (C=O) groups excluding carboxylic acids is 1. The van der Waals surface area contributed by atoms with E-state index in [0.717, 1.165) is 29.0 Å². The smallest absolute Gasteiger partial charge is 0.259 e. The molecule has 0 radical (unpaired) electrons. The highest BCUT2D eigenvalue weighted by molar-refractivity contribution is 5.93. The van der Waals surface area contributed by atoms with Crippen molar-refractivity contribution in [1.82, 2.24) is 9.88 Å². The number of rotatable bonds is 11. The SMILES string of the molecule is COCOC1(Cc2cc(-c3ccc(OC)cc3)ccn2)C(=O)N(COC)C1CC(C)C. The van der Waals surface area contributed by atoms with Gasteiger partial charge in [0.05, 0.1) is 13.2 Å². The first-order valence-corrected chi connectivity index (χ1v) is 10.5. The van der Waals surface area contributed by atoms with Crippen LogP contribution in [0.4, 0.5) is 0 Å². The molecule has 0 bridgehead atoms. The topological polar surface area (TPSA) is 70.1 Å². The Morgan fingerprint density at radius 3 is 2.42 bits per heavy atom. The van der Waals surface area contributed by atoms with Gasteiger partial charge in [-0.3, -0.25) is 9.78 Å². The van der Waals surface area contributed by atoms with E-state index in [0.29, 0.717) is 12.3 Å². The fourth-order valence-electron chi connectivity index (χ4n) is 4.14. The highest BCUT2D eigenvalue weighted by atomic mass is 16.7. The molecule has 168 valence electrons. The van der Waals surface area contributed by atoms with Gasteiger partial charge in [-0.15, -0.1) is 0 Å². The number of hydrogen-bond donors (Lipinski definition) is 0. The van der Waals surface area contributed by atoms with Crippen molar-refractivity contribution in [2.45, 2.75) is 38.3 Å². The van der Waals surface area contributed by atoms with Crippen LogP contribution < -0.4 is 4.74 Å². The summed E-state index contributed by atoms with van der Waals surface area (Å²) in [7, 11) is 4.80. The van der Waals surface area contributed by atoms with E-state index in [2.05, 4.69) is 18.8 Å². The molecule has 2 atom stereocenters. The molecule has 1 amide bonds. The molecule has 0 spiro atoms. The van der Waals surface area contributed by atoms with E-state index in [9.17, 15) is 4.79 Å². The predicted molar refractivity (Wildman–Crippen MR) is 118 cm³/mol. The number of amides is 1. The van der Waals surface area contributed by atoms with E-state index in [4.69, 9.17) is 18.9 Å². The quantitative estimate of drug-likeness (QED) is 0.403. The first-order chi connectivity index (χ1) is 14.9. The Labute approximate surface area is 184 Å². The van der Waals surface area contributed by atoms with E-state index in [1.54, 1.807) is 32.4 Å². The normalized spacial score (nSPS) is 20.8. The molecule has 3 rings (SSSR count). The number of pyridine rings is 1. The number of ether oxygens (including phenoxy) is 4. The molecule has 2 aromatic rings. The predicted octanol–water partition coefficient (Wildman–Crippen LogP) is 3.52. The third-order valence-corrected chi connectivity index (χ3v) is 5.62. The average molecular weight is 429 g/mol. The Bertz CT molecular complexity index is 871. The number of β-lactam (4-membered cyclic amide) rings is 1. The fourth-order valence-corrected chi connectivity index (χ4v) is 4.14. The summed E-state index contributed by atoms with van der Waals surface area (Å²) in [6.07, 6.45) is 2.94. The number of aromatic nitrogens is 1. The minimum atomic E-state index is -1.01. The number of hydrogen-bond acceptors (Lipinski definition) is 6. The largest absolute Gasteiger partial charge is 0.497 e. The highest BCUT2D eigenvalue weighted by Gasteiger charge is 2.61. The molecule has 31 heavy (non-hydrogen) atoms. The Morgan fingerprint density at radius 1 is 1.06 bits per heavy atom. The molecule has 1 aliphatic heterocycles. The van der Waals surface area contributed by atoms with Crippen LogP contribution in [0.25, 0.3) is 11.1 Å². The van der Waals surface area contributed by atoms with Crippen LogP contribution in [0.15, 0.2) is 42.6 Å². The Balaban J connectivity index is 1.90. The molecule has 2 unspecified atom stereocenters. The molecule has 1 saturated heterocycles. The Kier molecular flexibility index (Phi) is 7.64. The second kappa shape index (κ2) is 10.2. The minimum absolute atomic E-state index is 0.0410. The van der Waals surface area contributed by atoms with Gasteiger partial charge in [0.2, 0.25) is 0 Å². The molecule has 0 N–H and O–H groups in total. The van der Waals surface area contributed by atoms with Gasteiger partial charge in [-0.25, -0.2) is 0 Å². The second-order valence-electron chi connectivity index (χ2n) is 8.22. The van der Waals surface area contributed by atoms with Crippen molar-refractivity contribution in [2.24, 2.45) is 5.92 Å². The molecule has 0 saturated carbocycles. The van der Waals surface area contributed by atoms with Crippen LogP contribution in [0.5, 0.6) is 5.75 Å². The van der Waals surface area contributed by atoms with Crippen LogP contribution in [0, 0.1) is 5.92 Å². The van der Waals surface area contributed by atoms with Gasteiger partial charge in [-0.05, 0) is 47.7 Å². The standard InChI is InChI=1S/C24H32N2O5/c1-17(2)12-22-24(31-16-29-4,23(27)26(22)15-28-3)14-20-13-19(10-11-25-20)18-6-8-21(30-5)9-7-18/h6-11,13,17,22H,12,14-16H2,1-5H3. The third kappa shape index (κ3) is 4.89. The van der Waals surface area contributed by atoms with E-state index in [-0.39, 0.29) is 25.5 Å². The molecule has 2 heterocycles. The van der Waals surface area contributed by atoms with Gasteiger partial charge in [0.15, 0.2) is 5.60 Å². The molecule has 7 heteroatoms. The van der Waals surface area contributed by atoms with Gasteiger partial charge in [-0.1, -0.05) is 26.0 Å². The maximum atomic E-state index is 13.2. The molecule has 1 aliphatic rings. The maximum absolute atomic E-state index is 13.2. The Morgan fingerprint density at radius 2 is 1.81 bits per heavy atom. The lowest BCUT2D eigenvalue weighted by Crippen LogP contribution is -2.76. The minimum Gasteiger partial charge on any atom is -0.497 e. The molecular weight excluding hydrogens is 396 g/mol. The lowest BCUT2D eigenvalue weighted by Gasteiger charge is -2.55. The zero-order valence-corrected chi connectivity index (χ0v) is 19.0. The first kappa shape index (κ1) is 23.2. The van der Waals surface area contributed by atoms with Crippen LogP contribution >= 0.6 is 0 Å². The van der Waals surface area contributed by atoms with E-state index < -0.39 is 5.60 Å². The average Bonchev–Trinajstić information content (AvgIpc) is 2.79. The molecular formula is C24H32N2O5. The summed E-state index contributed by atoms with van der Waals surface area (Å²) in [4.78, 5) is 19.5. The monoisotopic (exact) mass is 428 g/mol. The van der Waals surface area contributed by atoms with Gasteiger partial charge >= 0.3 is 0 Å². The van der Waals surface area contributed by atoms with E-state index in [1.165, 1.54) is 0 Å². The number of benzene rings is 1. The van der Waals surface area contributed by atoms with Gasteiger partial charge in [0.25, 0.3) is 5.91 Å². The third-order valence-electron chi connectivity index (χ3n) is 5.62. The van der Waals surface area contributed by atoms with Crippen LogP contribution in [-0.4, -0.2) is 62.3 Å². The van der Waals surface area contributed by atoms with Crippen molar-refractivity contribution in [3.05, 3.63) is 48.3 Å². The van der Waals surface area contributed by atoms with Crippen molar-refractivity contribution < 1.29 is 23.7 Å². The number of nitrogens with zero attached hydrogens (tertiary/aromatic N) is 2. The van der Waals surface area contributed by atoms with E-state index >= 15 is 0 Å². The summed E-state index contributed by atoms with van der Waals surface area (Å²) >= 11 is 0. The van der Waals surface area contributed by atoms with Crippen LogP contribution in [0.1, 0.15) is 26.0 Å². The molecule has 1 aromatic carbocycles. The first-order valence-electron chi connectivity index (χ1n) is 10.5. The summed E-state index contributed by atoms with van der Waals surface area (Å²) in [6.45, 7) is 4.56. The lowest BCUT2D eigenvalue weighted by atomic mass is 9.74. The fraction of sp³-hybridized carbons (Fsp3) is 0.500. The van der Waals surface area contributed by atoms with Gasteiger partial charge in [0.1, 0.15) is 19.3 Å². The lowest BCUT2D eigenvalue weighted by molar-refractivity contribution is -0.235. The van der Waals surface area contributed by atoms with Crippen LogP contribution in [0.2, 0.25) is 0 Å². The van der Waals surface area contributed by atoms with Crippen LogP contribution in [0.3, 0.4) is 0 Å². The van der Waals surface area contributed by atoms with Gasteiger partial charge < -0.3 is 23.8 Å². The summed E-state index contributed by atoms with van der Waals surface area (Å²) in [5.74, 6) is 1.11. The maximum Gasteiger partial charge on any atom is 0.259 e. The van der Waals surface area contributed by atoms with Gasteiger partial charge in [0, 0.05) is 32.5 Å². The molecule has 1 aromatic heterocycles. The molecule has 0 aliphatic carbocycles. The summed E-state index contributed by atoms with van der Waals surface area (Å²) < 4.78 is 21.7. The number of carbonyl (C=O) groups is 1. The Hall–Kier alpha value is -2.48. The van der Waals surface area contributed by atoms with Crippen molar-refractivity contribution >= 4 is 5.91 Å².